The first-order chi connectivity index (χ1) is 7.26. The van der Waals surface area contributed by atoms with Crippen LogP contribution in [-0.2, 0) is 4.79 Å². The molecule has 0 spiro atoms. The Morgan fingerprint density at radius 2 is 2.00 bits per heavy atom. The summed E-state index contributed by atoms with van der Waals surface area (Å²) in [6.07, 6.45) is 6.23. The zero-order valence-corrected chi connectivity index (χ0v) is 8.99. The van der Waals surface area contributed by atoms with Gasteiger partial charge in [-0.1, -0.05) is 6.58 Å². The lowest BCUT2D eigenvalue weighted by atomic mass is 9.88. The average molecular weight is 211 g/mol. The molecule has 0 aromatic heterocycles. The van der Waals surface area contributed by atoms with Crippen molar-refractivity contribution in [1.29, 1.82) is 0 Å². The number of fused-ring (bicyclic) bond motifs is 2. The number of amides is 1. The number of carbonyl (C=O) groups excluding carboxylic acids is 1. The Kier molecular flexibility index (Phi) is 3.08. The third-order valence-corrected chi connectivity index (χ3v) is 3.78. The number of hydrogen-bond acceptors (Lipinski definition) is 1. The minimum absolute atomic E-state index is 0.0567. The Hall–Kier alpha value is -0.860. The van der Waals surface area contributed by atoms with Gasteiger partial charge in [0.15, 0.2) is 0 Å². The first kappa shape index (κ1) is 10.7. The summed E-state index contributed by atoms with van der Waals surface area (Å²) >= 11 is 0. The lowest BCUT2D eigenvalue weighted by Gasteiger charge is -2.38. The molecule has 3 heteroatoms. The third kappa shape index (κ3) is 1.92. The molecule has 15 heavy (non-hydrogen) atoms. The predicted molar refractivity (Wildman–Crippen MR) is 57.2 cm³/mol. The van der Waals surface area contributed by atoms with Crippen LogP contribution < -0.4 is 0 Å². The van der Waals surface area contributed by atoms with Crippen molar-refractivity contribution in [3.63, 3.8) is 0 Å². The molecule has 2 rings (SSSR count). The summed E-state index contributed by atoms with van der Waals surface area (Å²) in [6, 6.07) is 0.705. The fourth-order valence-corrected chi connectivity index (χ4v) is 3.14. The van der Waals surface area contributed by atoms with Crippen molar-refractivity contribution in [3.05, 3.63) is 12.7 Å². The van der Waals surface area contributed by atoms with Crippen LogP contribution in [-0.4, -0.2) is 29.6 Å². The average Bonchev–Trinajstić information content (AvgIpc) is 2.50. The van der Waals surface area contributed by atoms with Crippen molar-refractivity contribution in [2.75, 3.05) is 6.67 Å². The number of carbonyl (C=O) groups is 1. The fourth-order valence-electron chi connectivity index (χ4n) is 3.14. The lowest BCUT2D eigenvalue weighted by Crippen LogP contribution is -2.45. The van der Waals surface area contributed by atoms with Crippen LogP contribution in [0.3, 0.4) is 0 Å². The Morgan fingerprint density at radius 1 is 1.40 bits per heavy atom. The largest absolute Gasteiger partial charge is 0.333 e. The summed E-state index contributed by atoms with van der Waals surface area (Å²) in [4.78, 5) is 13.6. The molecular weight excluding hydrogens is 193 g/mol. The molecule has 2 aliphatic rings. The highest BCUT2D eigenvalue weighted by molar-refractivity contribution is 5.87. The summed E-state index contributed by atoms with van der Waals surface area (Å²) < 4.78 is 12.3. The van der Waals surface area contributed by atoms with E-state index in [4.69, 9.17) is 0 Å². The molecule has 2 saturated heterocycles. The highest BCUT2D eigenvalue weighted by atomic mass is 19.1. The smallest absolute Gasteiger partial charge is 0.246 e. The first-order valence-corrected chi connectivity index (χ1v) is 5.77. The monoisotopic (exact) mass is 211 g/mol. The summed E-state index contributed by atoms with van der Waals surface area (Å²) in [5, 5.41) is 0. The van der Waals surface area contributed by atoms with Crippen molar-refractivity contribution >= 4 is 5.91 Å². The zero-order chi connectivity index (χ0) is 10.8. The van der Waals surface area contributed by atoms with Crippen LogP contribution in [0.5, 0.6) is 0 Å². The van der Waals surface area contributed by atoms with E-state index in [9.17, 15) is 9.18 Å². The molecule has 1 amide bonds. The zero-order valence-electron chi connectivity index (χ0n) is 8.99. The molecule has 0 N–H and O–H groups in total. The molecule has 0 aliphatic carbocycles. The Bertz CT molecular complexity index is 252. The number of alkyl halides is 1. The molecule has 2 aliphatic heterocycles. The van der Waals surface area contributed by atoms with E-state index >= 15 is 0 Å². The molecule has 2 nitrogen and oxygen atoms in total. The van der Waals surface area contributed by atoms with Gasteiger partial charge in [-0.2, -0.15) is 0 Å². The summed E-state index contributed by atoms with van der Waals surface area (Å²) in [5.41, 5.74) is 0. The molecule has 2 unspecified atom stereocenters. The molecule has 0 saturated carbocycles. The van der Waals surface area contributed by atoms with Gasteiger partial charge < -0.3 is 4.90 Å². The molecule has 0 aromatic carbocycles. The maximum atomic E-state index is 12.3. The van der Waals surface area contributed by atoms with Crippen LogP contribution in [0.25, 0.3) is 0 Å². The molecule has 0 radical (unpaired) electrons. The summed E-state index contributed by atoms with van der Waals surface area (Å²) in [7, 11) is 0. The molecule has 0 aromatic rings. The minimum atomic E-state index is -0.223. The van der Waals surface area contributed by atoms with E-state index in [0.717, 1.165) is 25.7 Å². The minimum Gasteiger partial charge on any atom is -0.333 e. The summed E-state index contributed by atoms with van der Waals surface area (Å²) in [5.74, 6) is 0.544. The normalized spacial score (nSPS) is 34.2. The van der Waals surface area contributed by atoms with Gasteiger partial charge in [0.25, 0.3) is 0 Å². The molecule has 2 fully saturated rings. The van der Waals surface area contributed by atoms with Gasteiger partial charge in [-0.3, -0.25) is 9.18 Å². The number of halogens is 1. The second-order valence-corrected chi connectivity index (χ2v) is 4.65. The SMILES string of the molecule is C=CC(=O)N1C2CCC1CC(CCF)C2. The number of rotatable bonds is 3. The maximum Gasteiger partial charge on any atom is 0.246 e. The van der Waals surface area contributed by atoms with Gasteiger partial charge in [0, 0.05) is 12.1 Å². The Morgan fingerprint density at radius 3 is 2.47 bits per heavy atom. The van der Waals surface area contributed by atoms with E-state index < -0.39 is 0 Å². The van der Waals surface area contributed by atoms with Crippen molar-refractivity contribution in [2.45, 2.75) is 44.2 Å². The van der Waals surface area contributed by atoms with Crippen LogP contribution in [0, 0.1) is 5.92 Å². The van der Waals surface area contributed by atoms with E-state index in [2.05, 4.69) is 6.58 Å². The second kappa shape index (κ2) is 4.33. The van der Waals surface area contributed by atoms with Gasteiger partial charge in [0.05, 0.1) is 6.67 Å². The van der Waals surface area contributed by atoms with Gasteiger partial charge >= 0.3 is 0 Å². The van der Waals surface area contributed by atoms with Gasteiger partial charge in [-0.05, 0) is 44.1 Å². The highest BCUT2D eigenvalue weighted by Gasteiger charge is 2.41. The first-order valence-electron chi connectivity index (χ1n) is 5.77. The van der Waals surface area contributed by atoms with Crippen LogP contribution >= 0.6 is 0 Å². The van der Waals surface area contributed by atoms with Crippen LogP contribution in [0.1, 0.15) is 32.1 Å². The number of hydrogen-bond donors (Lipinski definition) is 0. The maximum absolute atomic E-state index is 12.3. The van der Waals surface area contributed by atoms with Crippen molar-refractivity contribution in [1.82, 2.24) is 4.90 Å². The lowest BCUT2D eigenvalue weighted by molar-refractivity contribution is -0.131. The molecule has 2 heterocycles. The topological polar surface area (TPSA) is 20.3 Å². The number of piperidine rings is 1. The number of nitrogens with zero attached hydrogens (tertiary/aromatic N) is 1. The van der Waals surface area contributed by atoms with Gasteiger partial charge in [-0.15, -0.1) is 0 Å². The van der Waals surface area contributed by atoms with Crippen molar-refractivity contribution < 1.29 is 9.18 Å². The second-order valence-electron chi connectivity index (χ2n) is 4.65. The Balaban J connectivity index is 2.03. The van der Waals surface area contributed by atoms with E-state index in [1.54, 1.807) is 0 Å². The highest BCUT2D eigenvalue weighted by Crippen LogP contribution is 2.39. The van der Waals surface area contributed by atoms with E-state index in [0.29, 0.717) is 24.4 Å². The predicted octanol–water partition coefficient (Wildman–Crippen LogP) is 2.30. The van der Waals surface area contributed by atoms with Crippen LogP contribution in [0.15, 0.2) is 12.7 Å². The Labute approximate surface area is 90.1 Å². The van der Waals surface area contributed by atoms with Crippen LogP contribution in [0.4, 0.5) is 4.39 Å². The third-order valence-electron chi connectivity index (χ3n) is 3.78. The van der Waals surface area contributed by atoms with E-state index in [1.165, 1.54) is 6.08 Å². The van der Waals surface area contributed by atoms with Crippen LogP contribution in [0.2, 0.25) is 0 Å². The van der Waals surface area contributed by atoms with E-state index in [1.807, 2.05) is 4.90 Å². The molecule has 2 bridgehead atoms. The van der Waals surface area contributed by atoms with Gasteiger partial charge in [-0.25, -0.2) is 0 Å². The fraction of sp³-hybridized carbons (Fsp3) is 0.750. The van der Waals surface area contributed by atoms with Crippen molar-refractivity contribution in [2.24, 2.45) is 5.92 Å². The van der Waals surface area contributed by atoms with E-state index in [-0.39, 0.29) is 12.6 Å². The van der Waals surface area contributed by atoms with Gasteiger partial charge in [0.2, 0.25) is 5.91 Å². The van der Waals surface area contributed by atoms with Gasteiger partial charge in [0.1, 0.15) is 0 Å². The summed E-state index contributed by atoms with van der Waals surface area (Å²) in [6.45, 7) is 3.31. The molecular formula is C12H18FNO. The van der Waals surface area contributed by atoms with Crippen molar-refractivity contribution in [3.8, 4) is 0 Å². The quantitative estimate of drug-likeness (QED) is 0.656. The molecule has 2 atom stereocenters. The standard InChI is InChI=1S/C12H18FNO/c1-2-12(15)14-10-3-4-11(14)8-9(7-10)5-6-13/h2,9-11H,1,3-8H2. The molecule has 84 valence electrons.